The van der Waals surface area contributed by atoms with Crippen LogP contribution >= 0.6 is 0 Å². The number of hydrogen-bond donors (Lipinski definition) is 0. The van der Waals surface area contributed by atoms with Gasteiger partial charge in [0.05, 0.1) is 7.11 Å². The molecule has 0 saturated heterocycles. The van der Waals surface area contributed by atoms with Crippen LogP contribution in [0, 0.1) is 35.3 Å². The fourth-order valence-electron chi connectivity index (χ4n) is 3.34. The summed E-state index contributed by atoms with van der Waals surface area (Å²) in [5.41, 5.74) is 0.449. The van der Waals surface area contributed by atoms with Gasteiger partial charge in [0, 0.05) is 0 Å². The molecule has 0 N–H and O–H groups in total. The summed E-state index contributed by atoms with van der Waals surface area (Å²) >= 11 is 0. The topological polar surface area (TPSA) is 9.23 Å². The Hall–Kier alpha value is -1.12. The van der Waals surface area contributed by atoms with E-state index in [9.17, 15) is 8.78 Å². The summed E-state index contributed by atoms with van der Waals surface area (Å²) in [5, 5.41) is 0. The molecule has 0 aliphatic heterocycles. The molecule has 3 heteroatoms. The van der Waals surface area contributed by atoms with Gasteiger partial charge in [0.1, 0.15) is 0 Å². The second kappa shape index (κ2) is 14.8. The molecule has 1 aromatic rings. The first kappa shape index (κ1) is 26.9. The molecule has 0 saturated carbocycles. The van der Waals surface area contributed by atoms with Crippen LogP contribution in [0.15, 0.2) is 12.1 Å². The van der Waals surface area contributed by atoms with Crippen LogP contribution in [0.1, 0.15) is 92.6 Å². The summed E-state index contributed by atoms with van der Waals surface area (Å²) in [4.78, 5) is 0. The Labute approximate surface area is 173 Å². The van der Waals surface area contributed by atoms with Crippen molar-refractivity contribution in [1.82, 2.24) is 0 Å². The third-order valence-electron chi connectivity index (χ3n) is 6.15. The summed E-state index contributed by atoms with van der Waals surface area (Å²) in [6, 6.07) is 3.16. The molecule has 0 fully saturated rings. The molecule has 0 amide bonds. The lowest BCUT2D eigenvalue weighted by molar-refractivity contribution is 0.291. The van der Waals surface area contributed by atoms with Crippen LogP contribution in [-0.4, -0.2) is 7.11 Å². The van der Waals surface area contributed by atoms with E-state index in [1.807, 2.05) is 13.8 Å². The van der Waals surface area contributed by atoms with Crippen LogP contribution in [0.5, 0.6) is 5.75 Å². The number of rotatable bonds is 12. The molecule has 28 heavy (non-hydrogen) atoms. The van der Waals surface area contributed by atoms with E-state index in [-0.39, 0.29) is 5.75 Å². The van der Waals surface area contributed by atoms with Gasteiger partial charge in [-0.15, -0.1) is 0 Å². The summed E-state index contributed by atoms with van der Waals surface area (Å²) < 4.78 is 32.6. The molecule has 0 radical (unpaired) electrons. The van der Waals surface area contributed by atoms with Crippen molar-refractivity contribution in [2.24, 2.45) is 23.7 Å². The molecule has 0 heterocycles. The SMILES string of the molecule is CC.CCC(C)CCC(C)C(C)CCC(C)CCc1ccc(OC)c(F)c1F. The van der Waals surface area contributed by atoms with Crippen molar-refractivity contribution in [1.29, 1.82) is 0 Å². The molecule has 0 bridgehead atoms. The van der Waals surface area contributed by atoms with Crippen molar-refractivity contribution in [2.75, 3.05) is 7.11 Å². The van der Waals surface area contributed by atoms with E-state index in [2.05, 4.69) is 34.6 Å². The van der Waals surface area contributed by atoms with Gasteiger partial charge in [-0.25, -0.2) is 4.39 Å². The molecule has 4 unspecified atom stereocenters. The average molecular weight is 399 g/mol. The van der Waals surface area contributed by atoms with Gasteiger partial charge in [-0.1, -0.05) is 86.6 Å². The van der Waals surface area contributed by atoms with E-state index in [1.54, 1.807) is 6.07 Å². The van der Waals surface area contributed by atoms with Gasteiger partial charge >= 0.3 is 0 Å². The van der Waals surface area contributed by atoms with Gasteiger partial charge in [-0.2, -0.15) is 4.39 Å². The summed E-state index contributed by atoms with van der Waals surface area (Å²) in [7, 11) is 1.35. The predicted octanol–water partition coefficient (Wildman–Crippen LogP) is 8.45. The van der Waals surface area contributed by atoms with Crippen molar-refractivity contribution >= 4 is 0 Å². The van der Waals surface area contributed by atoms with E-state index >= 15 is 0 Å². The number of aryl methyl sites for hydroxylation is 1. The lowest BCUT2D eigenvalue weighted by atomic mass is 9.83. The zero-order valence-corrected chi connectivity index (χ0v) is 19.6. The molecule has 1 aromatic carbocycles. The van der Waals surface area contributed by atoms with Crippen LogP contribution < -0.4 is 4.74 Å². The lowest BCUT2D eigenvalue weighted by Gasteiger charge is -2.23. The Balaban J connectivity index is 0.00000352. The fraction of sp³-hybridized carbons (Fsp3) is 0.760. The second-order valence-electron chi connectivity index (χ2n) is 8.32. The minimum absolute atomic E-state index is 0.0282. The minimum Gasteiger partial charge on any atom is -0.494 e. The first-order chi connectivity index (χ1) is 13.3. The third-order valence-corrected chi connectivity index (χ3v) is 6.15. The van der Waals surface area contributed by atoms with Crippen LogP contribution in [0.25, 0.3) is 0 Å². The largest absolute Gasteiger partial charge is 0.494 e. The van der Waals surface area contributed by atoms with Gasteiger partial charge in [0.2, 0.25) is 5.82 Å². The number of ether oxygens (including phenoxy) is 1. The van der Waals surface area contributed by atoms with Crippen molar-refractivity contribution in [3.05, 3.63) is 29.3 Å². The first-order valence-corrected chi connectivity index (χ1v) is 11.3. The number of halogens is 2. The van der Waals surface area contributed by atoms with Crippen LogP contribution in [0.2, 0.25) is 0 Å². The number of methoxy groups -OCH3 is 1. The predicted molar refractivity (Wildman–Crippen MR) is 118 cm³/mol. The average Bonchev–Trinajstić information content (AvgIpc) is 2.72. The molecule has 4 atom stereocenters. The highest BCUT2D eigenvalue weighted by molar-refractivity contribution is 5.31. The van der Waals surface area contributed by atoms with E-state index in [0.29, 0.717) is 17.9 Å². The number of hydrogen-bond acceptors (Lipinski definition) is 1. The molecule has 0 aliphatic carbocycles. The molecule has 1 rings (SSSR count). The van der Waals surface area contributed by atoms with Gasteiger partial charge in [0.25, 0.3) is 0 Å². The molecule has 0 aliphatic rings. The maximum Gasteiger partial charge on any atom is 0.200 e. The third kappa shape index (κ3) is 9.39. The molecular formula is C25H44F2O. The maximum atomic E-state index is 14.0. The second-order valence-corrected chi connectivity index (χ2v) is 8.32. The highest BCUT2D eigenvalue weighted by atomic mass is 19.2. The fourth-order valence-corrected chi connectivity index (χ4v) is 3.34. The summed E-state index contributed by atoms with van der Waals surface area (Å²) in [6.07, 6.45) is 7.71. The van der Waals surface area contributed by atoms with Crippen LogP contribution in [0.4, 0.5) is 8.78 Å². The Bertz CT molecular complexity index is 530. The Morgan fingerprint density at radius 2 is 1.32 bits per heavy atom. The zero-order chi connectivity index (χ0) is 21.7. The van der Waals surface area contributed by atoms with Gasteiger partial charge in [-0.3, -0.25) is 0 Å². The standard InChI is InChI=1S/C23H38F2O.C2H6/c1-7-16(2)8-11-18(4)19(5)12-9-17(3)10-13-20-14-15-21(26-6)23(25)22(20)24;1-2/h14-19H,7-13H2,1-6H3;1-2H3. The Morgan fingerprint density at radius 3 is 1.82 bits per heavy atom. The first-order valence-electron chi connectivity index (χ1n) is 11.3. The lowest BCUT2D eigenvalue weighted by Crippen LogP contribution is -2.11. The smallest absolute Gasteiger partial charge is 0.200 e. The van der Waals surface area contributed by atoms with E-state index < -0.39 is 11.6 Å². The van der Waals surface area contributed by atoms with Crippen LogP contribution in [-0.2, 0) is 6.42 Å². The Morgan fingerprint density at radius 1 is 0.786 bits per heavy atom. The molecule has 0 aromatic heterocycles. The highest BCUT2D eigenvalue weighted by Crippen LogP contribution is 2.28. The van der Waals surface area contributed by atoms with Crippen molar-refractivity contribution in [3.63, 3.8) is 0 Å². The molecule has 0 spiro atoms. The monoisotopic (exact) mass is 398 g/mol. The van der Waals surface area contributed by atoms with Crippen molar-refractivity contribution in [2.45, 2.75) is 93.4 Å². The van der Waals surface area contributed by atoms with Gasteiger partial charge in [-0.05, 0) is 48.1 Å². The zero-order valence-electron chi connectivity index (χ0n) is 19.6. The normalized spacial score (nSPS) is 15.2. The van der Waals surface area contributed by atoms with E-state index in [4.69, 9.17) is 4.74 Å². The Kier molecular flexibility index (Phi) is 14.2. The highest BCUT2D eigenvalue weighted by Gasteiger charge is 2.17. The minimum atomic E-state index is -0.874. The van der Waals surface area contributed by atoms with Gasteiger partial charge < -0.3 is 4.74 Å². The molecule has 164 valence electrons. The molecule has 1 nitrogen and oxygen atoms in total. The van der Waals surface area contributed by atoms with Gasteiger partial charge in [0.15, 0.2) is 11.6 Å². The summed E-state index contributed by atoms with van der Waals surface area (Å²) in [6.45, 7) is 15.5. The van der Waals surface area contributed by atoms with Crippen LogP contribution in [0.3, 0.4) is 0 Å². The van der Waals surface area contributed by atoms with Crippen molar-refractivity contribution in [3.8, 4) is 5.75 Å². The van der Waals surface area contributed by atoms with Crippen molar-refractivity contribution < 1.29 is 13.5 Å². The molecular weight excluding hydrogens is 354 g/mol. The van der Waals surface area contributed by atoms with E-state index in [0.717, 1.165) is 30.6 Å². The number of benzene rings is 1. The summed E-state index contributed by atoms with van der Waals surface area (Å²) in [5.74, 6) is 1.15. The maximum absolute atomic E-state index is 14.0. The quantitative estimate of drug-likeness (QED) is 0.343. The van der Waals surface area contributed by atoms with E-state index in [1.165, 1.54) is 38.9 Å².